The van der Waals surface area contributed by atoms with E-state index in [4.69, 9.17) is 9.47 Å². The minimum absolute atomic E-state index is 0.0938. The molecule has 3 N–H and O–H groups in total. The average Bonchev–Trinajstić information content (AvgIpc) is 2.91. The zero-order chi connectivity index (χ0) is 29.0. The summed E-state index contributed by atoms with van der Waals surface area (Å²) in [5, 5.41) is 2.92. The number of nitrogens with zero attached hydrogens (tertiary/aromatic N) is 1. The Morgan fingerprint density at radius 1 is 0.974 bits per heavy atom. The second-order valence-corrected chi connectivity index (χ2v) is 9.10. The van der Waals surface area contributed by atoms with E-state index in [0.717, 1.165) is 31.5 Å². The molecule has 0 spiro atoms. The molecule has 2 rings (SSSR count). The van der Waals surface area contributed by atoms with Crippen molar-refractivity contribution in [3.8, 4) is 5.75 Å². The van der Waals surface area contributed by atoms with Gasteiger partial charge in [0.1, 0.15) is 12.4 Å². The number of ether oxygens (including phenoxy) is 3. The standard InChI is InChI=1S/C26H36N2O4.C4H9NO2/c1-4-7-18-31-24-20-22(26(30)32-19-17-28(5-2)6-3)14-15-23(24)27-25(29)16-13-21-11-9-8-10-12-21;1-3(2)7-4(5)6/h8-12,14-15,20H,4-7,13,16-19H2,1-3H3,(H,27,29);3H,1-2H3,(H2,5,6). The van der Waals surface area contributed by atoms with E-state index in [1.807, 2.05) is 30.3 Å². The largest absolute Gasteiger partial charge is 0.491 e. The molecule has 39 heavy (non-hydrogen) atoms. The zero-order valence-electron chi connectivity index (χ0n) is 24.0. The van der Waals surface area contributed by atoms with Gasteiger partial charge < -0.3 is 30.2 Å². The van der Waals surface area contributed by atoms with Crippen molar-refractivity contribution in [2.75, 3.05) is 38.2 Å². The monoisotopic (exact) mass is 543 g/mol. The minimum Gasteiger partial charge on any atom is -0.491 e. The number of aryl methyl sites for hydroxylation is 1. The van der Waals surface area contributed by atoms with Gasteiger partial charge in [0.25, 0.3) is 0 Å². The number of hydrogen-bond donors (Lipinski definition) is 2. The molecule has 0 unspecified atom stereocenters. The van der Waals surface area contributed by atoms with Crippen LogP contribution >= 0.6 is 0 Å². The first-order chi connectivity index (χ1) is 18.7. The highest BCUT2D eigenvalue weighted by molar-refractivity contribution is 5.95. The molecule has 0 aromatic heterocycles. The molecule has 0 bridgehead atoms. The third kappa shape index (κ3) is 14.8. The van der Waals surface area contributed by atoms with Crippen molar-refractivity contribution in [3.05, 3.63) is 59.7 Å². The van der Waals surface area contributed by atoms with Crippen LogP contribution in [-0.2, 0) is 20.7 Å². The Bertz CT molecular complexity index is 993. The highest BCUT2D eigenvalue weighted by atomic mass is 16.6. The van der Waals surface area contributed by atoms with Crippen LogP contribution in [0.15, 0.2) is 48.5 Å². The maximum Gasteiger partial charge on any atom is 0.404 e. The molecule has 216 valence electrons. The van der Waals surface area contributed by atoms with E-state index in [1.165, 1.54) is 0 Å². The lowest BCUT2D eigenvalue weighted by molar-refractivity contribution is -0.116. The molecular formula is C30H45N3O6. The Morgan fingerprint density at radius 3 is 2.23 bits per heavy atom. The van der Waals surface area contributed by atoms with Gasteiger partial charge in [0.15, 0.2) is 0 Å². The van der Waals surface area contributed by atoms with Gasteiger partial charge >= 0.3 is 12.1 Å². The number of nitrogens with two attached hydrogens (primary N) is 1. The lowest BCUT2D eigenvalue weighted by atomic mass is 10.1. The maximum absolute atomic E-state index is 12.5. The zero-order valence-corrected chi connectivity index (χ0v) is 24.0. The molecule has 0 aliphatic carbocycles. The number of hydrogen-bond acceptors (Lipinski definition) is 7. The van der Waals surface area contributed by atoms with Crippen LogP contribution in [0.1, 0.15) is 69.8 Å². The third-order valence-electron chi connectivity index (χ3n) is 5.62. The van der Waals surface area contributed by atoms with Gasteiger partial charge in [-0.25, -0.2) is 9.59 Å². The maximum atomic E-state index is 12.5. The van der Waals surface area contributed by atoms with E-state index in [0.29, 0.717) is 49.6 Å². The van der Waals surface area contributed by atoms with Crippen LogP contribution in [0.25, 0.3) is 0 Å². The van der Waals surface area contributed by atoms with Crippen molar-refractivity contribution in [1.82, 2.24) is 4.90 Å². The van der Waals surface area contributed by atoms with E-state index >= 15 is 0 Å². The Morgan fingerprint density at radius 2 is 1.67 bits per heavy atom. The molecule has 0 fully saturated rings. The van der Waals surface area contributed by atoms with Crippen molar-refractivity contribution < 1.29 is 28.6 Å². The Hall–Kier alpha value is -3.59. The fraction of sp³-hybridized carbons (Fsp3) is 0.500. The van der Waals surface area contributed by atoms with Crippen LogP contribution in [0.4, 0.5) is 10.5 Å². The molecule has 9 heteroatoms. The summed E-state index contributed by atoms with van der Waals surface area (Å²) < 4.78 is 15.7. The van der Waals surface area contributed by atoms with E-state index in [9.17, 15) is 14.4 Å². The molecule has 2 amide bonds. The topological polar surface area (TPSA) is 120 Å². The summed E-state index contributed by atoms with van der Waals surface area (Å²) in [5.74, 6) is 0.00731. The number of carbonyl (C=O) groups is 3. The predicted molar refractivity (Wildman–Crippen MR) is 154 cm³/mol. The number of unbranched alkanes of at least 4 members (excludes halogenated alkanes) is 1. The van der Waals surface area contributed by atoms with Gasteiger partial charge in [0.05, 0.1) is 24.0 Å². The fourth-order valence-corrected chi connectivity index (χ4v) is 3.44. The van der Waals surface area contributed by atoms with E-state index in [1.54, 1.807) is 32.0 Å². The van der Waals surface area contributed by atoms with Gasteiger partial charge in [-0.2, -0.15) is 0 Å². The molecule has 0 radical (unpaired) electrons. The van der Waals surface area contributed by atoms with Crippen molar-refractivity contribution >= 4 is 23.7 Å². The smallest absolute Gasteiger partial charge is 0.404 e. The van der Waals surface area contributed by atoms with Crippen molar-refractivity contribution in [2.24, 2.45) is 5.73 Å². The number of likely N-dealkylation sites (N-methyl/N-ethyl adjacent to an activating group) is 1. The van der Waals surface area contributed by atoms with Crippen molar-refractivity contribution in [1.29, 1.82) is 0 Å². The SMILES string of the molecule is CC(C)OC(N)=O.CCCCOc1cc(C(=O)OCCN(CC)CC)ccc1NC(=O)CCc1ccccc1. The Labute approximate surface area is 233 Å². The second-order valence-electron chi connectivity index (χ2n) is 9.10. The number of anilines is 1. The van der Waals surface area contributed by atoms with Crippen molar-refractivity contribution in [2.45, 2.75) is 66.4 Å². The number of esters is 1. The van der Waals surface area contributed by atoms with Gasteiger partial charge in [-0.1, -0.05) is 57.5 Å². The second kappa shape index (κ2) is 19.5. The Kier molecular flexibility index (Phi) is 16.7. The normalized spacial score (nSPS) is 10.4. The summed E-state index contributed by atoms with van der Waals surface area (Å²) in [5.41, 5.74) is 6.73. The molecule has 0 aliphatic rings. The molecule has 0 saturated heterocycles. The first-order valence-corrected chi connectivity index (χ1v) is 13.7. The summed E-state index contributed by atoms with van der Waals surface area (Å²) in [4.78, 5) is 37.0. The minimum atomic E-state index is -0.713. The van der Waals surface area contributed by atoms with Gasteiger partial charge in [0.2, 0.25) is 5.91 Å². The summed E-state index contributed by atoms with van der Waals surface area (Å²) in [6, 6.07) is 14.9. The van der Waals surface area contributed by atoms with Gasteiger partial charge in [-0.05, 0) is 63.5 Å². The number of carbonyl (C=O) groups excluding carboxylic acids is 3. The number of primary amides is 1. The van der Waals surface area contributed by atoms with Crippen LogP contribution in [0.5, 0.6) is 5.75 Å². The van der Waals surface area contributed by atoms with Crippen LogP contribution in [-0.4, -0.2) is 61.8 Å². The average molecular weight is 544 g/mol. The van der Waals surface area contributed by atoms with Crippen LogP contribution < -0.4 is 15.8 Å². The molecule has 2 aromatic carbocycles. The van der Waals surface area contributed by atoms with Crippen LogP contribution in [0, 0.1) is 0 Å². The summed E-state index contributed by atoms with van der Waals surface area (Å²) in [6.45, 7) is 13.1. The third-order valence-corrected chi connectivity index (χ3v) is 5.62. The number of amides is 2. The quantitative estimate of drug-likeness (QED) is 0.227. The predicted octanol–water partition coefficient (Wildman–Crippen LogP) is 5.43. The highest BCUT2D eigenvalue weighted by Crippen LogP contribution is 2.27. The number of nitrogens with one attached hydrogen (secondary N) is 1. The first kappa shape index (κ1) is 33.4. The van der Waals surface area contributed by atoms with E-state index in [-0.39, 0.29) is 18.0 Å². The Balaban J connectivity index is 0.000000956. The fourth-order valence-electron chi connectivity index (χ4n) is 3.44. The molecule has 9 nitrogen and oxygen atoms in total. The van der Waals surface area contributed by atoms with Gasteiger partial charge in [0, 0.05) is 13.0 Å². The lowest BCUT2D eigenvalue weighted by Gasteiger charge is -2.18. The van der Waals surface area contributed by atoms with Crippen LogP contribution in [0.2, 0.25) is 0 Å². The van der Waals surface area contributed by atoms with E-state index < -0.39 is 6.09 Å². The lowest BCUT2D eigenvalue weighted by Crippen LogP contribution is -2.27. The molecule has 0 heterocycles. The summed E-state index contributed by atoms with van der Waals surface area (Å²) >= 11 is 0. The van der Waals surface area contributed by atoms with Gasteiger partial charge in [-0.3, -0.25) is 4.79 Å². The van der Waals surface area contributed by atoms with Crippen molar-refractivity contribution in [3.63, 3.8) is 0 Å². The first-order valence-electron chi connectivity index (χ1n) is 13.7. The molecule has 0 aliphatic heterocycles. The number of benzene rings is 2. The number of rotatable bonds is 15. The molecule has 2 aromatic rings. The summed E-state index contributed by atoms with van der Waals surface area (Å²) in [6.07, 6.45) is 2.10. The van der Waals surface area contributed by atoms with E-state index in [2.05, 4.69) is 41.5 Å². The van der Waals surface area contributed by atoms with Crippen LogP contribution in [0.3, 0.4) is 0 Å². The highest BCUT2D eigenvalue weighted by Gasteiger charge is 2.14. The van der Waals surface area contributed by atoms with Gasteiger partial charge in [-0.15, -0.1) is 0 Å². The summed E-state index contributed by atoms with van der Waals surface area (Å²) in [7, 11) is 0. The molecular weight excluding hydrogens is 498 g/mol. The molecule has 0 atom stereocenters. The molecule has 0 saturated carbocycles.